The summed E-state index contributed by atoms with van der Waals surface area (Å²) in [6, 6.07) is 16.3. The molecule has 1 fully saturated rings. The van der Waals surface area contributed by atoms with E-state index >= 15 is 0 Å². The first-order valence-corrected chi connectivity index (χ1v) is 12.7. The SMILES string of the molecule is Cc1ccc(C)c(N2C(=O)c3cc4ccccc4n3C[C@@]2(C)C(=O)NC2CCCCCCC2)c1. The Morgan fingerprint density at radius 1 is 0.971 bits per heavy atom. The highest BCUT2D eigenvalue weighted by molar-refractivity contribution is 6.14. The normalized spacial score (nSPS) is 21.7. The Kier molecular flexibility index (Phi) is 5.97. The summed E-state index contributed by atoms with van der Waals surface area (Å²) < 4.78 is 2.04. The van der Waals surface area contributed by atoms with Gasteiger partial charge in [0.2, 0.25) is 5.91 Å². The smallest absolute Gasteiger partial charge is 0.275 e. The Labute approximate surface area is 202 Å². The van der Waals surface area contributed by atoms with Crippen molar-refractivity contribution in [3.8, 4) is 0 Å². The molecule has 2 amide bonds. The first-order chi connectivity index (χ1) is 16.4. The molecule has 0 saturated heterocycles. The van der Waals surface area contributed by atoms with Crippen molar-refractivity contribution in [3.63, 3.8) is 0 Å². The van der Waals surface area contributed by atoms with Crippen LogP contribution in [-0.4, -0.2) is 28.0 Å². The third-order valence-corrected chi connectivity index (χ3v) is 7.73. The van der Waals surface area contributed by atoms with E-state index in [0.717, 1.165) is 53.4 Å². The number of amides is 2. The number of hydrogen-bond donors (Lipinski definition) is 1. The second-order valence-corrected chi connectivity index (χ2v) is 10.4. The van der Waals surface area contributed by atoms with Crippen LogP contribution in [-0.2, 0) is 11.3 Å². The van der Waals surface area contributed by atoms with Gasteiger partial charge in [0.05, 0.1) is 6.54 Å². The maximum absolute atomic E-state index is 14.1. The van der Waals surface area contributed by atoms with Crippen LogP contribution in [0.3, 0.4) is 0 Å². The largest absolute Gasteiger partial charge is 0.351 e. The quantitative estimate of drug-likeness (QED) is 0.532. The second kappa shape index (κ2) is 8.94. The van der Waals surface area contributed by atoms with Gasteiger partial charge in [-0.3, -0.25) is 14.5 Å². The fourth-order valence-electron chi connectivity index (χ4n) is 5.73. The molecule has 2 heterocycles. The van der Waals surface area contributed by atoms with Crippen LogP contribution in [0.5, 0.6) is 0 Å². The lowest BCUT2D eigenvalue weighted by molar-refractivity contribution is -0.127. The van der Waals surface area contributed by atoms with Crippen molar-refractivity contribution in [1.29, 1.82) is 0 Å². The number of nitrogens with zero attached hydrogens (tertiary/aromatic N) is 2. The molecule has 1 aliphatic carbocycles. The van der Waals surface area contributed by atoms with Gasteiger partial charge in [-0.25, -0.2) is 0 Å². The van der Waals surface area contributed by atoms with Crippen LogP contribution in [0.25, 0.3) is 10.9 Å². The van der Waals surface area contributed by atoms with Gasteiger partial charge in [-0.1, -0.05) is 62.4 Å². The van der Waals surface area contributed by atoms with Gasteiger partial charge >= 0.3 is 0 Å². The third-order valence-electron chi connectivity index (χ3n) is 7.73. The predicted octanol–water partition coefficient (Wildman–Crippen LogP) is 5.91. The monoisotopic (exact) mass is 457 g/mol. The summed E-state index contributed by atoms with van der Waals surface area (Å²) in [6.07, 6.45) is 8.07. The summed E-state index contributed by atoms with van der Waals surface area (Å²) in [4.78, 5) is 29.9. The first-order valence-electron chi connectivity index (χ1n) is 12.7. The van der Waals surface area contributed by atoms with Crippen LogP contribution in [0.1, 0.15) is 73.5 Å². The van der Waals surface area contributed by atoms with Gasteiger partial charge in [0, 0.05) is 22.6 Å². The molecule has 1 aromatic heterocycles. The Balaban J connectivity index is 1.60. The molecule has 1 saturated carbocycles. The fraction of sp³-hybridized carbons (Fsp3) is 0.448. The minimum atomic E-state index is -1.03. The molecule has 2 aromatic carbocycles. The van der Waals surface area contributed by atoms with Crippen LogP contribution in [0.2, 0.25) is 0 Å². The summed E-state index contributed by atoms with van der Waals surface area (Å²) in [5.41, 5.74) is 3.48. The number of fused-ring (bicyclic) bond motifs is 3. The molecule has 0 bridgehead atoms. The van der Waals surface area contributed by atoms with E-state index in [1.807, 2.05) is 67.8 Å². The first kappa shape index (κ1) is 22.7. The lowest BCUT2D eigenvalue weighted by atomic mass is 9.90. The van der Waals surface area contributed by atoms with Crippen molar-refractivity contribution in [1.82, 2.24) is 9.88 Å². The predicted molar refractivity (Wildman–Crippen MR) is 137 cm³/mol. The number of hydrogen-bond acceptors (Lipinski definition) is 2. The van der Waals surface area contributed by atoms with Crippen LogP contribution in [0.15, 0.2) is 48.5 Å². The highest BCUT2D eigenvalue weighted by Gasteiger charge is 2.49. The van der Waals surface area contributed by atoms with Crippen LogP contribution >= 0.6 is 0 Å². The zero-order valence-corrected chi connectivity index (χ0v) is 20.6. The van der Waals surface area contributed by atoms with Gasteiger partial charge in [-0.05, 0) is 62.9 Å². The van der Waals surface area contributed by atoms with Gasteiger partial charge in [-0.2, -0.15) is 0 Å². The number of aryl methyl sites for hydroxylation is 2. The van der Waals surface area contributed by atoms with Crippen LogP contribution in [0, 0.1) is 13.8 Å². The Bertz CT molecular complexity index is 1240. The summed E-state index contributed by atoms with van der Waals surface area (Å²) in [6.45, 7) is 6.40. The van der Waals surface area contributed by atoms with E-state index < -0.39 is 5.54 Å². The number of anilines is 1. The molecular weight excluding hydrogens is 422 g/mol. The number of carbonyl (C=O) groups is 2. The van der Waals surface area contributed by atoms with Crippen LogP contribution < -0.4 is 10.2 Å². The van der Waals surface area contributed by atoms with Crippen molar-refractivity contribution in [2.45, 2.75) is 83.8 Å². The average Bonchev–Trinajstić information content (AvgIpc) is 3.16. The maximum Gasteiger partial charge on any atom is 0.275 e. The van der Waals surface area contributed by atoms with Gasteiger partial charge in [-0.15, -0.1) is 0 Å². The maximum atomic E-state index is 14.1. The van der Waals surface area contributed by atoms with Gasteiger partial charge in [0.25, 0.3) is 5.91 Å². The molecule has 5 nitrogen and oxygen atoms in total. The number of nitrogens with one attached hydrogen (secondary N) is 1. The minimum absolute atomic E-state index is 0.0595. The molecular formula is C29H35N3O2. The standard InChI is InChI=1S/C29H35N3O2/c1-20-15-16-21(2)25(17-20)32-27(33)26-18-22-11-9-10-14-24(22)31(26)19-29(32,3)28(34)30-23-12-7-5-4-6-8-13-23/h9-11,14-18,23H,4-8,12-13,19H2,1-3H3,(H,30,34)/t29-/m0/s1. The van der Waals surface area contributed by atoms with Crippen molar-refractivity contribution in [2.24, 2.45) is 0 Å². The van der Waals surface area contributed by atoms with E-state index in [0.29, 0.717) is 12.2 Å². The summed E-state index contributed by atoms with van der Waals surface area (Å²) in [5.74, 6) is -0.178. The number of para-hydroxylation sites is 1. The van der Waals surface area contributed by atoms with Crippen molar-refractivity contribution >= 4 is 28.4 Å². The lowest BCUT2D eigenvalue weighted by Gasteiger charge is -2.45. The van der Waals surface area contributed by atoms with E-state index in [1.54, 1.807) is 4.90 Å². The van der Waals surface area contributed by atoms with E-state index in [1.165, 1.54) is 19.3 Å². The van der Waals surface area contributed by atoms with E-state index in [-0.39, 0.29) is 17.9 Å². The highest BCUT2D eigenvalue weighted by Crippen LogP contribution is 2.38. The molecule has 0 spiro atoms. The second-order valence-electron chi connectivity index (χ2n) is 10.4. The van der Waals surface area contributed by atoms with E-state index in [4.69, 9.17) is 0 Å². The fourth-order valence-corrected chi connectivity index (χ4v) is 5.73. The van der Waals surface area contributed by atoms with Gasteiger partial charge in [0.1, 0.15) is 11.2 Å². The van der Waals surface area contributed by atoms with Gasteiger partial charge in [0.15, 0.2) is 0 Å². The Hall–Kier alpha value is -3.08. The summed E-state index contributed by atoms with van der Waals surface area (Å²) in [7, 11) is 0. The molecule has 3 aromatic rings. The van der Waals surface area contributed by atoms with Crippen molar-refractivity contribution < 1.29 is 9.59 Å². The molecule has 1 atom stereocenters. The molecule has 2 aliphatic rings. The minimum Gasteiger partial charge on any atom is -0.351 e. The average molecular weight is 458 g/mol. The molecule has 0 unspecified atom stereocenters. The Morgan fingerprint density at radius 2 is 1.68 bits per heavy atom. The zero-order valence-electron chi connectivity index (χ0n) is 20.6. The molecule has 34 heavy (non-hydrogen) atoms. The third kappa shape index (κ3) is 3.91. The molecule has 0 radical (unpaired) electrons. The van der Waals surface area contributed by atoms with Gasteiger partial charge < -0.3 is 9.88 Å². The molecule has 178 valence electrons. The van der Waals surface area contributed by atoms with Crippen molar-refractivity contribution in [2.75, 3.05) is 4.90 Å². The number of carbonyl (C=O) groups excluding carboxylic acids is 2. The Morgan fingerprint density at radius 3 is 2.44 bits per heavy atom. The number of aromatic nitrogens is 1. The lowest BCUT2D eigenvalue weighted by Crippen LogP contribution is -2.65. The van der Waals surface area contributed by atoms with E-state index in [2.05, 4.69) is 11.4 Å². The molecule has 1 aliphatic heterocycles. The van der Waals surface area contributed by atoms with Crippen molar-refractivity contribution in [3.05, 3.63) is 65.4 Å². The number of benzene rings is 2. The van der Waals surface area contributed by atoms with Crippen LogP contribution in [0.4, 0.5) is 5.69 Å². The molecule has 5 rings (SSSR count). The number of rotatable bonds is 3. The topological polar surface area (TPSA) is 54.3 Å². The highest BCUT2D eigenvalue weighted by atomic mass is 16.2. The summed E-state index contributed by atoms with van der Waals surface area (Å²) >= 11 is 0. The summed E-state index contributed by atoms with van der Waals surface area (Å²) in [5, 5.41) is 4.40. The zero-order chi connectivity index (χ0) is 23.9. The van der Waals surface area contributed by atoms with E-state index in [9.17, 15) is 9.59 Å². The molecule has 1 N–H and O–H groups in total. The molecule has 5 heteroatoms.